The van der Waals surface area contributed by atoms with E-state index in [0.29, 0.717) is 11.5 Å². The maximum Gasteiger partial charge on any atom is 0.344 e. The fourth-order valence-corrected chi connectivity index (χ4v) is 2.85. The van der Waals surface area contributed by atoms with Crippen LogP contribution >= 0.6 is 0 Å². The van der Waals surface area contributed by atoms with Gasteiger partial charge in [0.1, 0.15) is 5.58 Å². The minimum Gasteiger partial charge on any atom is -0.422 e. The molecule has 1 aromatic heterocycles. The molecule has 1 heterocycles. The highest BCUT2D eigenvalue weighted by atomic mass is 16.4. The van der Waals surface area contributed by atoms with Crippen LogP contribution in [-0.4, -0.2) is 0 Å². The Kier molecular flexibility index (Phi) is 2.49. The van der Waals surface area contributed by atoms with E-state index in [1.807, 2.05) is 48.5 Å². The minimum absolute atomic E-state index is 0.225. The molecule has 0 unspecified atom stereocenters. The molecule has 1 saturated carbocycles. The summed E-state index contributed by atoms with van der Waals surface area (Å²) in [6, 6.07) is 17.7. The van der Waals surface area contributed by atoms with E-state index in [-0.39, 0.29) is 5.63 Å². The first-order valence-corrected chi connectivity index (χ1v) is 6.96. The van der Waals surface area contributed by atoms with Crippen LogP contribution in [0.5, 0.6) is 0 Å². The van der Waals surface area contributed by atoms with Gasteiger partial charge in [0.25, 0.3) is 0 Å². The standard InChI is InChI=1S/C18H14O2/c19-18-17(12-6-2-1-3-7-12)16(13-10-11-13)14-8-4-5-9-15(14)20-18/h1-9,13H,10-11H2. The molecule has 2 nitrogen and oxygen atoms in total. The lowest BCUT2D eigenvalue weighted by Crippen LogP contribution is -2.07. The molecule has 98 valence electrons. The van der Waals surface area contributed by atoms with Gasteiger partial charge in [0.2, 0.25) is 0 Å². The highest BCUT2D eigenvalue weighted by molar-refractivity contribution is 5.88. The average Bonchev–Trinajstić information content (AvgIpc) is 3.31. The summed E-state index contributed by atoms with van der Waals surface area (Å²) in [5.41, 5.74) is 3.33. The summed E-state index contributed by atoms with van der Waals surface area (Å²) in [7, 11) is 0. The first-order valence-electron chi connectivity index (χ1n) is 6.96. The molecule has 20 heavy (non-hydrogen) atoms. The Hall–Kier alpha value is -2.35. The van der Waals surface area contributed by atoms with Crippen LogP contribution in [0.4, 0.5) is 0 Å². The molecule has 3 aromatic rings. The van der Waals surface area contributed by atoms with Gasteiger partial charge in [-0.15, -0.1) is 0 Å². The van der Waals surface area contributed by atoms with E-state index in [1.54, 1.807) is 0 Å². The molecular weight excluding hydrogens is 248 g/mol. The second kappa shape index (κ2) is 4.34. The van der Waals surface area contributed by atoms with Crippen LogP contribution in [0.25, 0.3) is 22.1 Å². The predicted octanol–water partition coefficient (Wildman–Crippen LogP) is 4.34. The molecule has 0 spiro atoms. The van der Waals surface area contributed by atoms with E-state index in [2.05, 4.69) is 6.07 Å². The van der Waals surface area contributed by atoms with E-state index in [0.717, 1.165) is 29.4 Å². The fraction of sp³-hybridized carbons (Fsp3) is 0.167. The van der Waals surface area contributed by atoms with Crippen LogP contribution in [0, 0.1) is 0 Å². The van der Waals surface area contributed by atoms with Crippen LogP contribution in [0.2, 0.25) is 0 Å². The molecule has 1 fully saturated rings. The molecule has 1 aliphatic rings. The third kappa shape index (κ3) is 1.76. The molecule has 0 atom stereocenters. The molecule has 4 rings (SSSR count). The van der Waals surface area contributed by atoms with Gasteiger partial charge in [-0.25, -0.2) is 4.79 Å². The van der Waals surface area contributed by atoms with Crippen molar-refractivity contribution in [2.75, 3.05) is 0 Å². The van der Waals surface area contributed by atoms with Gasteiger partial charge in [-0.3, -0.25) is 0 Å². The van der Waals surface area contributed by atoms with E-state index in [1.165, 1.54) is 5.56 Å². The number of hydrogen-bond donors (Lipinski definition) is 0. The SMILES string of the molecule is O=c1oc2ccccc2c(C2CC2)c1-c1ccccc1. The Labute approximate surface area is 116 Å². The van der Waals surface area contributed by atoms with Crippen molar-refractivity contribution in [1.82, 2.24) is 0 Å². The second-order valence-corrected chi connectivity index (χ2v) is 5.31. The quantitative estimate of drug-likeness (QED) is 0.643. The van der Waals surface area contributed by atoms with Crippen molar-refractivity contribution in [2.24, 2.45) is 0 Å². The number of benzene rings is 2. The lowest BCUT2D eigenvalue weighted by atomic mass is 9.95. The molecule has 1 aliphatic carbocycles. The van der Waals surface area contributed by atoms with Crippen LogP contribution in [-0.2, 0) is 0 Å². The monoisotopic (exact) mass is 262 g/mol. The van der Waals surface area contributed by atoms with E-state index in [4.69, 9.17) is 4.42 Å². The molecule has 0 amide bonds. The van der Waals surface area contributed by atoms with Crippen LogP contribution in [0.3, 0.4) is 0 Å². The normalized spacial score (nSPS) is 14.6. The van der Waals surface area contributed by atoms with Gasteiger partial charge in [0.05, 0.1) is 5.56 Å². The number of hydrogen-bond acceptors (Lipinski definition) is 2. The molecule has 2 aromatic carbocycles. The Morgan fingerprint density at radius 2 is 1.60 bits per heavy atom. The lowest BCUT2D eigenvalue weighted by molar-refractivity contribution is 0.561. The average molecular weight is 262 g/mol. The topological polar surface area (TPSA) is 30.2 Å². The van der Waals surface area contributed by atoms with Gasteiger partial charge in [-0.1, -0.05) is 48.5 Å². The lowest BCUT2D eigenvalue weighted by Gasteiger charge is -2.10. The molecule has 0 saturated heterocycles. The Morgan fingerprint density at radius 1 is 0.900 bits per heavy atom. The molecule has 0 radical (unpaired) electrons. The zero-order chi connectivity index (χ0) is 13.5. The predicted molar refractivity (Wildman–Crippen MR) is 79.9 cm³/mol. The van der Waals surface area contributed by atoms with Crippen molar-refractivity contribution in [1.29, 1.82) is 0 Å². The second-order valence-electron chi connectivity index (χ2n) is 5.31. The summed E-state index contributed by atoms with van der Waals surface area (Å²) < 4.78 is 5.51. The van der Waals surface area contributed by atoms with Gasteiger partial charge in [-0.05, 0) is 36.0 Å². The molecule has 2 heteroatoms. The van der Waals surface area contributed by atoms with Crippen LogP contribution in [0.1, 0.15) is 24.3 Å². The van der Waals surface area contributed by atoms with Crippen molar-refractivity contribution < 1.29 is 4.42 Å². The summed E-state index contributed by atoms with van der Waals surface area (Å²) in [6.07, 6.45) is 2.32. The molecule has 0 N–H and O–H groups in total. The fourth-order valence-electron chi connectivity index (χ4n) is 2.85. The third-order valence-corrected chi connectivity index (χ3v) is 3.90. The van der Waals surface area contributed by atoms with E-state index < -0.39 is 0 Å². The van der Waals surface area contributed by atoms with Crippen molar-refractivity contribution in [2.45, 2.75) is 18.8 Å². The summed E-state index contributed by atoms with van der Waals surface area (Å²) in [4.78, 5) is 12.4. The Balaban J connectivity index is 2.12. The summed E-state index contributed by atoms with van der Waals surface area (Å²) in [5, 5.41) is 1.08. The van der Waals surface area contributed by atoms with Crippen molar-refractivity contribution >= 4 is 11.0 Å². The van der Waals surface area contributed by atoms with Gasteiger partial charge >= 0.3 is 5.63 Å². The summed E-state index contributed by atoms with van der Waals surface area (Å²) >= 11 is 0. The van der Waals surface area contributed by atoms with Crippen molar-refractivity contribution in [3.05, 3.63) is 70.6 Å². The smallest absolute Gasteiger partial charge is 0.344 e. The number of rotatable bonds is 2. The number of para-hydroxylation sites is 1. The van der Waals surface area contributed by atoms with Gasteiger partial charge in [-0.2, -0.15) is 0 Å². The third-order valence-electron chi connectivity index (χ3n) is 3.90. The maximum atomic E-state index is 12.4. The Bertz CT molecular complexity index is 827. The van der Waals surface area contributed by atoms with Crippen molar-refractivity contribution in [3.63, 3.8) is 0 Å². The molecule has 0 aliphatic heterocycles. The van der Waals surface area contributed by atoms with E-state index >= 15 is 0 Å². The minimum atomic E-state index is -0.225. The summed E-state index contributed by atoms with van der Waals surface area (Å²) in [6.45, 7) is 0. The van der Waals surface area contributed by atoms with Gasteiger partial charge in [0.15, 0.2) is 0 Å². The first-order chi connectivity index (χ1) is 9.84. The largest absolute Gasteiger partial charge is 0.422 e. The zero-order valence-electron chi connectivity index (χ0n) is 11.0. The molecular formula is C18H14O2. The molecule has 0 bridgehead atoms. The Morgan fingerprint density at radius 3 is 2.35 bits per heavy atom. The number of fused-ring (bicyclic) bond motifs is 1. The zero-order valence-corrected chi connectivity index (χ0v) is 11.0. The van der Waals surface area contributed by atoms with Crippen LogP contribution < -0.4 is 5.63 Å². The highest BCUT2D eigenvalue weighted by Crippen LogP contribution is 2.46. The van der Waals surface area contributed by atoms with Crippen molar-refractivity contribution in [3.8, 4) is 11.1 Å². The van der Waals surface area contributed by atoms with Crippen LogP contribution in [0.15, 0.2) is 63.8 Å². The van der Waals surface area contributed by atoms with Gasteiger partial charge in [0, 0.05) is 5.39 Å². The van der Waals surface area contributed by atoms with Gasteiger partial charge < -0.3 is 4.42 Å². The summed E-state index contributed by atoms with van der Waals surface area (Å²) in [5.74, 6) is 0.499. The first kappa shape index (κ1) is 11.5. The van der Waals surface area contributed by atoms with E-state index in [9.17, 15) is 4.79 Å². The highest BCUT2D eigenvalue weighted by Gasteiger charge is 2.30. The maximum absolute atomic E-state index is 12.4.